The number of benzene rings is 1. The number of hydrogen-bond donors (Lipinski definition) is 0. The summed E-state index contributed by atoms with van der Waals surface area (Å²) in [7, 11) is 0. The smallest absolute Gasteiger partial charge is 0.133 e. The molecule has 0 aliphatic carbocycles. The second kappa shape index (κ2) is 6.33. The molecule has 1 rings (SSSR count). The fourth-order valence-electron chi connectivity index (χ4n) is 1.84. The first-order valence-electron chi connectivity index (χ1n) is 6.04. The third-order valence-electron chi connectivity index (χ3n) is 3.02. The molecule has 0 aliphatic rings. The van der Waals surface area contributed by atoms with E-state index in [9.17, 15) is 9.59 Å². The first kappa shape index (κ1) is 13.6. The van der Waals surface area contributed by atoms with Crippen LogP contribution in [0.3, 0.4) is 0 Å². The number of Topliss-reactive ketones (excluding diaryl/α,β-unsaturated/α-hetero) is 2. The summed E-state index contributed by atoms with van der Waals surface area (Å²) in [5.41, 5.74) is 2.39. The highest BCUT2D eigenvalue weighted by atomic mass is 16.1. The Morgan fingerprint density at radius 2 is 1.71 bits per heavy atom. The summed E-state index contributed by atoms with van der Waals surface area (Å²) < 4.78 is 0. The molecule has 0 aliphatic heterocycles. The van der Waals surface area contributed by atoms with E-state index in [2.05, 4.69) is 24.3 Å². The lowest BCUT2D eigenvalue weighted by molar-refractivity contribution is -0.121. The first-order chi connectivity index (χ1) is 7.99. The van der Waals surface area contributed by atoms with Crippen LogP contribution in [0.15, 0.2) is 24.3 Å². The fraction of sp³-hybridized carbons (Fsp3) is 0.467. The van der Waals surface area contributed by atoms with Gasteiger partial charge in [-0.05, 0) is 39.2 Å². The summed E-state index contributed by atoms with van der Waals surface area (Å²) in [6.45, 7) is 5.23. The zero-order chi connectivity index (χ0) is 12.8. The van der Waals surface area contributed by atoms with Crippen LogP contribution in [0.25, 0.3) is 0 Å². The summed E-state index contributed by atoms with van der Waals surface area (Å²) in [5.74, 6) is 0.300. The molecule has 1 aromatic carbocycles. The summed E-state index contributed by atoms with van der Waals surface area (Å²) in [4.78, 5) is 22.5. The van der Waals surface area contributed by atoms with Gasteiger partial charge in [0.1, 0.15) is 11.6 Å². The minimum absolute atomic E-state index is 0.0263. The third-order valence-corrected chi connectivity index (χ3v) is 3.02. The van der Waals surface area contributed by atoms with Crippen LogP contribution in [0.1, 0.15) is 37.8 Å². The van der Waals surface area contributed by atoms with Gasteiger partial charge in [-0.3, -0.25) is 4.79 Å². The van der Waals surface area contributed by atoms with Crippen LogP contribution in [0.2, 0.25) is 0 Å². The number of ketones is 2. The van der Waals surface area contributed by atoms with Crippen LogP contribution >= 0.6 is 0 Å². The van der Waals surface area contributed by atoms with Gasteiger partial charge in [-0.2, -0.15) is 0 Å². The van der Waals surface area contributed by atoms with Gasteiger partial charge in [0.2, 0.25) is 0 Å². The zero-order valence-electron chi connectivity index (χ0n) is 10.8. The molecular formula is C15H20O2. The second-order valence-electron chi connectivity index (χ2n) is 4.74. The molecule has 0 aromatic heterocycles. The normalized spacial score (nSPS) is 12.2. The van der Waals surface area contributed by atoms with Crippen LogP contribution < -0.4 is 0 Å². The number of rotatable bonds is 6. The first-order valence-corrected chi connectivity index (χ1v) is 6.04. The Morgan fingerprint density at radius 3 is 2.18 bits per heavy atom. The van der Waals surface area contributed by atoms with E-state index in [-0.39, 0.29) is 17.5 Å². The summed E-state index contributed by atoms with van der Waals surface area (Å²) in [6.07, 6.45) is 1.90. The largest absolute Gasteiger partial charge is 0.300 e. The van der Waals surface area contributed by atoms with Crippen molar-refractivity contribution in [3.05, 3.63) is 35.4 Å². The monoisotopic (exact) mass is 232 g/mol. The number of carbonyl (C=O) groups is 2. The van der Waals surface area contributed by atoms with Gasteiger partial charge in [-0.15, -0.1) is 0 Å². The van der Waals surface area contributed by atoms with Crippen molar-refractivity contribution in [1.82, 2.24) is 0 Å². The molecule has 92 valence electrons. The van der Waals surface area contributed by atoms with Crippen LogP contribution in [-0.2, 0) is 16.0 Å². The molecule has 0 amide bonds. The Bertz CT molecular complexity index is 390. The van der Waals surface area contributed by atoms with Crippen LogP contribution in [-0.4, -0.2) is 11.6 Å². The van der Waals surface area contributed by atoms with Gasteiger partial charge in [0.15, 0.2) is 0 Å². The van der Waals surface area contributed by atoms with E-state index in [1.807, 2.05) is 6.92 Å². The molecule has 0 heterocycles. The standard InChI is InChI=1S/C15H20O2/c1-11-4-7-14(8-5-11)10-15(13(3)17)9-6-12(2)16/h4-5,7-8,15H,6,9-10H2,1-3H3. The summed E-state index contributed by atoms with van der Waals surface area (Å²) in [6, 6.07) is 8.22. The van der Waals surface area contributed by atoms with Gasteiger partial charge >= 0.3 is 0 Å². The lowest BCUT2D eigenvalue weighted by atomic mass is 9.91. The van der Waals surface area contributed by atoms with Crippen molar-refractivity contribution in [1.29, 1.82) is 0 Å². The molecule has 0 spiro atoms. The third kappa shape index (κ3) is 4.94. The second-order valence-corrected chi connectivity index (χ2v) is 4.74. The van der Waals surface area contributed by atoms with Crippen molar-refractivity contribution in [3.63, 3.8) is 0 Å². The quantitative estimate of drug-likeness (QED) is 0.755. The number of carbonyl (C=O) groups excluding carboxylic acids is 2. The Balaban J connectivity index is 2.63. The van der Waals surface area contributed by atoms with E-state index in [0.717, 1.165) is 6.42 Å². The van der Waals surface area contributed by atoms with Gasteiger partial charge in [0, 0.05) is 12.3 Å². The van der Waals surface area contributed by atoms with Crippen molar-refractivity contribution >= 4 is 11.6 Å². The molecule has 0 fully saturated rings. The van der Waals surface area contributed by atoms with Crippen molar-refractivity contribution in [2.75, 3.05) is 0 Å². The molecule has 0 bridgehead atoms. The Labute approximate surface area is 103 Å². The van der Waals surface area contributed by atoms with E-state index >= 15 is 0 Å². The van der Waals surface area contributed by atoms with Crippen LogP contribution in [0, 0.1) is 12.8 Å². The van der Waals surface area contributed by atoms with Crippen molar-refractivity contribution in [2.24, 2.45) is 5.92 Å². The van der Waals surface area contributed by atoms with Gasteiger partial charge in [-0.1, -0.05) is 29.8 Å². The molecule has 0 radical (unpaired) electrons. The highest BCUT2D eigenvalue weighted by molar-refractivity contribution is 5.80. The fourth-order valence-corrected chi connectivity index (χ4v) is 1.84. The molecule has 0 N–H and O–H groups in total. The van der Waals surface area contributed by atoms with Gasteiger partial charge in [-0.25, -0.2) is 0 Å². The maximum Gasteiger partial charge on any atom is 0.133 e. The molecule has 17 heavy (non-hydrogen) atoms. The van der Waals surface area contributed by atoms with E-state index < -0.39 is 0 Å². The van der Waals surface area contributed by atoms with Crippen molar-refractivity contribution in [3.8, 4) is 0 Å². The molecule has 1 atom stereocenters. The molecule has 0 saturated heterocycles. The molecular weight excluding hydrogens is 212 g/mol. The Morgan fingerprint density at radius 1 is 1.12 bits per heavy atom. The number of hydrogen-bond acceptors (Lipinski definition) is 2. The van der Waals surface area contributed by atoms with Crippen molar-refractivity contribution < 1.29 is 9.59 Å². The summed E-state index contributed by atoms with van der Waals surface area (Å²) >= 11 is 0. The van der Waals surface area contributed by atoms with Gasteiger partial charge in [0.25, 0.3) is 0 Å². The predicted octanol–water partition coefficient (Wildman–Crippen LogP) is 3.11. The Kier molecular flexibility index (Phi) is 5.08. The van der Waals surface area contributed by atoms with Crippen LogP contribution in [0.4, 0.5) is 0 Å². The van der Waals surface area contributed by atoms with E-state index in [4.69, 9.17) is 0 Å². The zero-order valence-corrected chi connectivity index (χ0v) is 10.8. The highest BCUT2D eigenvalue weighted by Crippen LogP contribution is 2.16. The minimum Gasteiger partial charge on any atom is -0.300 e. The van der Waals surface area contributed by atoms with E-state index in [0.29, 0.717) is 12.8 Å². The molecule has 2 nitrogen and oxygen atoms in total. The lowest BCUT2D eigenvalue weighted by Gasteiger charge is -2.13. The average molecular weight is 232 g/mol. The van der Waals surface area contributed by atoms with Crippen molar-refractivity contribution in [2.45, 2.75) is 40.0 Å². The summed E-state index contributed by atoms with van der Waals surface area (Å²) in [5, 5.41) is 0. The molecule has 0 saturated carbocycles. The van der Waals surface area contributed by atoms with Gasteiger partial charge < -0.3 is 4.79 Å². The predicted molar refractivity (Wildman–Crippen MR) is 69.0 cm³/mol. The van der Waals surface area contributed by atoms with Gasteiger partial charge in [0.05, 0.1) is 0 Å². The van der Waals surface area contributed by atoms with E-state index in [1.165, 1.54) is 11.1 Å². The lowest BCUT2D eigenvalue weighted by Crippen LogP contribution is -2.15. The molecule has 2 heteroatoms. The average Bonchev–Trinajstić information content (AvgIpc) is 2.26. The molecule has 1 aromatic rings. The van der Waals surface area contributed by atoms with Crippen LogP contribution in [0.5, 0.6) is 0 Å². The number of aryl methyl sites for hydroxylation is 1. The Hall–Kier alpha value is -1.44. The molecule has 1 unspecified atom stereocenters. The van der Waals surface area contributed by atoms with E-state index in [1.54, 1.807) is 13.8 Å². The maximum absolute atomic E-state index is 11.5. The highest BCUT2D eigenvalue weighted by Gasteiger charge is 2.15. The minimum atomic E-state index is -0.0263. The maximum atomic E-state index is 11.5. The topological polar surface area (TPSA) is 34.1 Å². The SMILES string of the molecule is CC(=O)CCC(Cc1ccc(C)cc1)C(C)=O.